The van der Waals surface area contributed by atoms with Crippen LogP contribution >= 0.6 is 0 Å². The van der Waals surface area contributed by atoms with Crippen LogP contribution in [0.3, 0.4) is 0 Å². The third-order valence-corrected chi connectivity index (χ3v) is 4.87. The molecule has 8 heteroatoms. The van der Waals surface area contributed by atoms with Gasteiger partial charge in [-0.1, -0.05) is 18.2 Å². The molecule has 1 saturated heterocycles. The maximum Gasteiger partial charge on any atom is 0.258 e. The summed E-state index contributed by atoms with van der Waals surface area (Å²) in [6, 6.07) is 15.6. The van der Waals surface area contributed by atoms with E-state index < -0.39 is 0 Å². The van der Waals surface area contributed by atoms with Crippen LogP contribution in [0, 0.1) is 5.82 Å². The molecule has 2 aromatic carbocycles. The molecule has 0 aliphatic carbocycles. The largest absolute Gasteiger partial charge is 0.484 e. The fraction of sp³-hybridized carbons (Fsp3) is 0.364. The van der Waals surface area contributed by atoms with Crippen molar-refractivity contribution in [3.63, 3.8) is 0 Å². The normalized spacial score (nSPS) is 14.2. The molecular formula is C22H27FN4O3. The van der Waals surface area contributed by atoms with Gasteiger partial charge in [0.15, 0.2) is 6.61 Å². The molecule has 2 amide bonds. The van der Waals surface area contributed by atoms with Crippen LogP contribution in [0.2, 0.25) is 0 Å². The lowest BCUT2D eigenvalue weighted by Gasteiger charge is -2.36. The summed E-state index contributed by atoms with van der Waals surface area (Å²) in [7, 11) is 0. The molecule has 0 radical (unpaired) electrons. The fourth-order valence-corrected chi connectivity index (χ4v) is 3.19. The first-order chi connectivity index (χ1) is 14.6. The van der Waals surface area contributed by atoms with E-state index in [4.69, 9.17) is 4.74 Å². The highest BCUT2D eigenvalue weighted by atomic mass is 19.1. The van der Waals surface area contributed by atoms with Crippen LogP contribution in [0.5, 0.6) is 5.75 Å². The third-order valence-electron chi connectivity index (χ3n) is 4.87. The zero-order valence-electron chi connectivity index (χ0n) is 16.9. The van der Waals surface area contributed by atoms with Gasteiger partial charge in [-0.3, -0.25) is 14.5 Å². The second-order valence-corrected chi connectivity index (χ2v) is 7.03. The Labute approximate surface area is 175 Å². The Bertz CT molecular complexity index is 809. The maximum absolute atomic E-state index is 13.0. The van der Waals surface area contributed by atoms with Crippen LogP contribution in [0.25, 0.3) is 0 Å². The molecule has 0 unspecified atom stereocenters. The number of ether oxygens (including phenoxy) is 1. The first-order valence-corrected chi connectivity index (χ1v) is 10.0. The van der Waals surface area contributed by atoms with Crippen LogP contribution in [0.4, 0.5) is 10.1 Å². The van der Waals surface area contributed by atoms with Gasteiger partial charge in [0.25, 0.3) is 5.91 Å². The number of nitrogens with one attached hydrogen (secondary N) is 2. The lowest BCUT2D eigenvalue weighted by Crippen LogP contribution is -2.49. The summed E-state index contributed by atoms with van der Waals surface area (Å²) in [6.45, 7) is 4.53. The molecule has 1 heterocycles. The number of piperazine rings is 1. The Morgan fingerprint density at radius 1 is 0.900 bits per heavy atom. The Kier molecular flexibility index (Phi) is 8.02. The van der Waals surface area contributed by atoms with Crippen molar-refractivity contribution in [1.29, 1.82) is 0 Å². The number of nitrogens with zero attached hydrogens (tertiary/aromatic N) is 2. The fourth-order valence-electron chi connectivity index (χ4n) is 3.19. The van der Waals surface area contributed by atoms with Crippen LogP contribution in [-0.4, -0.2) is 69.1 Å². The predicted molar refractivity (Wildman–Crippen MR) is 113 cm³/mol. The molecule has 7 nitrogen and oxygen atoms in total. The average Bonchev–Trinajstić information content (AvgIpc) is 2.78. The highest BCUT2D eigenvalue weighted by molar-refractivity contribution is 5.85. The molecule has 0 aromatic heterocycles. The summed E-state index contributed by atoms with van der Waals surface area (Å²) in [6.07, 6.45) is 0. The van der Waals surface area contributed by atoms with E-state index in [2.05, 4.69) is 20.4 Å². The molecule has 1 aliphatic heterocycles. The van der Waals surface area contributed by atoms with E-state index in [1.807, 2.05) is 18.2 Å². The van der Waals surface area contributed by atoms with Gasteiger partial charge in [0, 0.05) is 45.0 Å². The minimum atomic E-state index is -0.342. The third kappa shape index (κ3) is 7.04. The molecule has 1 aliphatic rings. The number of hydrogen-bond donors (Lipinski definition) is 2. The van der Waals surface area contributed by atoms with E-state index >= 15 is 0 Å². The number of benzene rings is 2. The molecular weight excluding hydrogens is 387 g/mol. The lowest BCUT2D eigenvalue weighted by atomic mass is 10.2. The van der Waals surface area contributed by atoms with Gasteiger partial charge >= 0.3 is 0 Å². The van der Waals surface area contributed by atoms with Crippen LogP contribution < -0.4 is 20.3 Å². The quantitative estimate of drug-likeness (QED) is 0.646. The molecule has 0 spiro atoms. The van der Waals surface area contributed by atoms with Crippen molar-refractivity contribution in [2.75, 3.05) is 57.3 Å². The second kappa shape index (κ2) is 11.2. The minimum absolute atomic E-state index is 0.0741. The van der Waals surface area contributed by atoms with Crippen molar-refractivity contribution in [1.82, 2.24) is 15.5 Å². The highest BCUT2D eigenvalue weighted by Gasteiger charge is 2.17. The number of carbonyl (C=O) groups excluding carboxylic acids is 2. The van der Waals surface area contributed by atoms with Gasteiger partial charge in [-0.25, -0.2) is 4.39 Å². The Hall–Kier alpha value is -3.13. The van der Waals surface area contributed by atoms with Crippen molar-refractivity contribution in [3.05, 3.63) is 60.4 Å². The van der Waals surface area contributed by atoms with Crippen LogP contribution in [0.15, 0.2) is 54.6 Å². The number of carbonyl (C=O) groups is 2. The summed E-state index contributed by atoms with van der Waals surface area (Å²) < 4.78 is 18.4. The first kappa shape index (κ1) is 21.6. The molecule has 30 heavy (non-hydrogen) atoms. The van der Waals surface area contributed by atoms with Gasteiger partial charge in [-0.05, 0) is 36.4 Å². The summed E-state index contributed by atoms with van der Waals surface area (Å²) in [5, 5.41) is 5.36. The van der Waals surface area contributed by atoms with Crippen LogP contribution in [-0.2, 0) is 9.59 Å². The lowest BCUT2D eigenvalue weighted by molar-refractivity contribution is -0.127. The zero-order chi connectivity index (χ0) is 21.2. The maximum atomic E-state index is 13.0. The van der Waals surface area contributed by atoms with E-state index in [1.54, 1.807) is 24.3 Å². The van der Waals surface area contributed by atoms with Crippen molar-refractivity contribution < 1.29 is 18.7 Å². The van der Waals surface area contributed by atoms with Crippen molar-refractivity contribution >= 4 is 17.5 Å². The SMILES string of the molecule is O=C(CNC(=O)COc1ccccc1)NCCN1CCN(c2ccc(F)cc2)CC1. The van der Waals surface area contributed by atoms with Gasteiger partial charge in [-0.2, -0.15) is 0 Å². The Morgan fingerprint density at radius 2 is 1.60 bits per heavy atom. The summed E-state index contributed by atoms with van der Waals surface area (Å²) in [5.41, 5.74) is 1.02. The molecule has 0 atom stereocenters. The summed E-state index contributed by atoms with van der Waals surface area (Å²) in [4.78, 5) is 28.2. The minimum Gasteiger partial charge on any atom is -0.484 e. The molecule has 160 valence electrons. The smallest absolute Gasteiger partial charge is 0.258 e. The summed E-state index contributed by atoms with van der Waals surface area (Å²) >= 11 is 0. The molecule has 0 saturated carbocycles. The number of halogens is 1. The van der Waals surface area contributed by atoms with Crippen molar-refractivity contribution in [3.8, 4) is 5.75 Å². The van der Waals surface area contributed by atoms with Gasteiger partial charge < -0.3 is 20.3 Å². The molecule has 0 bridgehead atoms. The highest BCUT2D eigenvalue weighted by Crippen LogP contribution is 2.16. The van der Waals surface area contributed by atoms with Gasteiger partial charge in [0.2, 0.25) is 5.91 Å². The molecule has 3 rings (SSSR count). The Balaban J connectivity index is 1.25. The second-order valence-electron chi connectivity index (χ2n) is 7.03. The zero-order valence-corrected chi connectivity index (χ0v) is 16.9. The van der Waals surface area contributed by atoms with E-state index in [0.717, 1.165) is 38.4 Å². The van der Waals surface area contributed by atoms with E-state index in [9.17, 15) is 14.0 Å². The monoisotopic (exact) mass is 414 g/mol. The summed E-state index contributed by atoms with van der Waals surface area (Å²) in [5.74, 6) is -0.191. The number of rotatable bonds is 9. The van der Waals surface area contributed by atoms with E-state index in [0.29, 0.717) is 12.3 Å². The molecule has 2 N–H and O–H groups in total. The van der Waals surface area contributed by atoms with E-state index in [-0.39, 0.29) is 30.8 Å². The topological polar surface area (TPSA) is 73.9 Å². The standard InChI is InChI=1S/C22H27FN4O3/c23-18-6-8-19(9-7-18)27-14-12-26(13-15-27)11-10-24-21(28)16-25-22(29)17-30-20-4-2-1-3-5-20/h1-9H,10-17H2,(H,24,28)(H,25,29). The molecule has 2 aromatic rings. The number of amides is 2. The van der Waals surface area contributed by atoms with Crippen LogP contribution in [0.1, 0.15) is 0 Å². The van der Waals surface area contributed by atoms with Gasteiger partial charge in [-0.15, -0.1) is 0 Å². The van der Waals surface area contributed by atoms with E-state index in [1.165, 1.54) is 12.1 Å². The Morgan fingerprint density at radius 3 is 2.30 bits per heavy atom. The average molecular weight is 414 g/mol. The number of anilines is 1. The van der Waals surface area contributed by atoms with Crippen molar-refractivity contribution in [2.24, 2.45) is 0 Å². The first-order valence-electron chi connectivity index (χ1n) is 10.0. The van der Waals surface area contributed by atoms with Crippen molar-refractivity contribution in [2.45, 2.75) is 0 Å². The van der Waals surface area contributed by atoms with Gasteiger partial charge in [0.05, 0.1) is 6.54 Å². The number of hydrogen-bond acceptors (Lipinski definition) is 5. The molecule has 1 fully saturated rings. The van der Waals surface area contributed by atoms with Gasteiger partial charge in [0.1, 0.15) is 11.6 Å². The number of para-hydroxylation sites is 1. The predicted octanol–water partition coefficient (Wildman–Crippen LogP) is 1.26.